The average Bonchev–Trinajstić information content (AvgIpc) is 3.22. The normalized spacial score (nSPS) is 15.4. The SMILES string of the molecule is CCc1ccc(CNC(=NC)NCc2cccnc2N2CCC(C(N)=O)CC2)s1. The zero-order valence-corrected chi connectivity index (χ0v) is 18.0. The van der Waals surface area contributed by atoms with E-state index in [1.54, 1.807) is 7.05 Å². The molecule has 29 heavy (non-hydrogen) atoms. The number of aromatic nitrogens is 1. The third-order valence-electron chi connectivity index (χ3n) is 5.23. The minimum absolute atomic E-state index is 0.0231. The molecule has 156 valence electrons. The molecule has 3 rings (SSSR count). The monoisotopic (exact) mass is 414 g/mol. The first-order valence-electron chi connectivity index (χ1n) is 10.1. The van der Waals surface area contributed by atoms with Gasteiger partial charge in [-0.25, -0.2) is 4.98 Å². The molecule has 2 aromatic heterocycles. The first kappa shape index (κ1) is 21.1. The summed E-state index contributed by atoms with van der Waals surface area (Å²) in [5, 5.41) is 6.76. The van der Waals surface area contributed by atoms with Crippen LogP contribution in [0, 0.1) is 5.92 Å². The number of carbonyl (C=O) groups excluding carboxylic acids is 1. The molecule has 0 atom stereocenters. The lowest BCUT2D eigenvalue weighted by Gasteiger charge is -2.32. The van der Waals surface area contributed by atoms with E-state index >= 15 is 0 Å². The molecular formula is C21H30N6OS. The average molecular weight is 415 g/mol. The van der Waals surface area contributed by atoms with E-state index in [-0.39, 0.29) is 11.8 Å². The number of aliphatic imine (C=N–C) groups is 1. The van der Waals surface area contributed by atoms with Crippen LogP contribution in [0.4, 0.5) is 5.82 Å². The van der Waals surface area contributed by atoms with Crippen LogP contribution in [0.2, 0.25) is 0 Å². The Bertz CT molecular complexity index is 841. The molecule has 0 radical (unpaired) electrons. The van der Waals surface area contributed by atoms with Crippen molar-refractivity contribution >= 4 is 29.0 Å². The summed E-state index contributed by atoms with van der Waals surface area (Å²) in [5.74, 6) is 1.51. The van der Waals surface area contributed by atoms with E-state index in [4.69, 9.17) is 5.73 Å². The second kappa shape index (κ2) is 10.2. The molecule has 2 aromatic rings. The van der Waals surface area contributed by atoms with Crippen LogP contribution >= 0.6 is 11.3 Å². The summed E-state index contributed by atoms with van der Waals surface area (Å²) in [6, 6.07) is 8.38. The number of piperidine rings is 1. The Labute approximate surface area is 176 Å². The molecule has 0 unspecified atom stereocenters. The Hall–Kier alpha value is -2.61. The van der Waals surface area contributed by atoms with Crippen LogP contribution in [0.5, 0.6) is 0 Å². The van der Waals surface area contributed by atoms with Crippen LogP contribution in [0.15, 0.2) is 35.5 Å². The summed E-state index contributed by atoms with van der Waals surface area (Å²) in [6.45, 7) is 5.14. The van der Waals surface area contributed by atoms with E-state index in [0.29, 0.717) is 6.54 Å². The van der Waals surface area contributed by atoms with Crippen molar-refractivity contribution in [2.45, 2.75) is 39.3 Å². The van der Waals surface area contributed by atoms with Gasteiger partial charge in [0.25, 0.3) is 0 Å². The lowest BCUT2D eigenvalue weighted by atomic mass is 9.96. The standard InChI is InChI=1S/C21H30N6OS/c1-3-17-6-7-18(29-17)14-26-21(23-2)25-13-16-5-4-10-24-20(16)27-11-8-15(9-12-27)19(22)28/h4-7,10,15H,3,8-9,11-14H2,1-2H3,(H2,22,28)(H2,23,25,26). The van der Waals surface area contributed by atoms with Gasteiger partial charge in [0.05, 0.1) is 6.54 Å². The molecule has 3 heterocycles. The van der Waals surface area contributed by atoms with Crippen molar-refractivity contribution in [3.8, 4) is 0 Å². The number of nitrogens with zero attached hydrogens (tertiary/aromatic N) is 3. The van der Waals surface area contributed by atoms with Gasteiger partial charge in [-0.15, -0.1) is 11.3 Å². The molecule has 1 amide bonds. The molecule has 7 nitrogen and oxygen atoms in total. The molecule has 1 saturated heterocycles. The number of carbonyl (C=O) groups is 1. The van der Waals surface area contributed by atoms with Crippen molar-refractivity contribution in [2.24, 2.45) is 16.6 Å². The van der Waals surface area contributed by atoms with Crippen LogP contribution in [-0.4, -0.2) is 37.0 Å². The van der Waals surface area contributed by atoms with E-state index in [1.165, 1.54) is 9.75 Å². The first-order valence-corrected chi connectivity index (χ1v) is 10.9. The number of anilines is 1. The summed E-state index contributed by atoms with van der Waals surface area (Å²) < 4.78 is 0. The van der Waals surface area contributed by atoms with Gasteiger partial charge in [-0.2, -0.15) is 0 Å². The van der Waals surface area contributed by atoms with Gasteiger partial charge in [0, 0.05) is 54.1 Å². The molecular weight excluding hydrogens is 384 g/mol. The number of hydrogen-bond acceptors (Lipinski definition) is 5. The fourth-order valence-electron chi connectivity index (χ4n) is 3.51. The Morgan fingerprint density at radius 2 is 1.97 bits per heavy atom. The van der Waals surface area contributed by atoms with E-state index in [9.17, 15) is 4.79 Å². The van der Waals surface area contributed by atoms with Gasteiger partial charge >= 0.3 is 0 Å². The van der Waals surface area contributed by atoms with Crippen LogP contribution in [0.1, 0.15) is 35.1 Å². The fraction of sp³-hybridized carbons (Fsp3) is 0.476. The predicted molar refractivity (Wildman–Crippen MR) is 119 cm³/mol. The maximum Gasteiger partial charge on any atom is 0.220 e. The third-order valence-corrected chi connectivity index (χ3v) is 6.46. The van der Waals surface area contributed by atoms with E-state index in [2.05, 4.69) is 50.6 Å². The molecule has 0 aromatic carbocycles. The molecule has 0 bridgehead atoms. The van der Waals surface area contributed by atoms with Crippen molar-refractivity contribution in [1.29, 1.82) is 0 Å². The number of thiophene rings is 1. The highest BCUT2D eigenvalue weighted by Crippen LogP contribution is 2.24. The van der Waals surface area contributed by atoms with Gasteiger partial charge in [-0.3, -0.25) is 9.79 Å². The van der Waals surface area contributed by atoms with Crippen molar-refractivity contribution in [1.82, 2.24) is 15.6 Å². The summed E-state index contributed by atoms with van der Waals surface area (Å²) >= 11 is 1.83. The predicted octanol–water partition coefficient (Wildman–Crippen LogP) is 2.27. The van der Waals surface area contributed by atoms with Gasteiger partial charge in [0.15, 0.2) is 5.96 Å². The van der Waals surface area contributed by atoms with Crippen molar-refractivity contribution in [3.05, 3.63) is 45.8 Å². The Morgan fingerprint density at radius 1 is 1.24 bits per heavy atom. The van der Waals surface area contributed by atoms with Crippen LogP contribution in [0.25, 0.3) is 0 Å². The van der Waals surface area contributed by atoms with Gasteiger partial charge in [0.2, 0.25) is 5.91 Å². The number of nitrogens with one attached hydrogen (secondary N) is 2. The minimum Gasteiger partial charge on any atom is -0.369 e. The summed E-state index contributed by atoms with van der Waals surface area (Å²) in [7, 11) is 1.78. The highest BCUT2D eigenvalue weighted by atomic mass is 32.1. The Balaban J connectivity index is 1.56. The highest BCUT2D eigenvalue weighted by molar-refractivity contribution is 7.11. The molecule has 0 saturated carbocycles. The molecule has 1 aliphatic rings. The number of guanidine groups is 1. The smallest absolute Gasteiger partial charge is 0.220 e. The zero-order chi connectivity index (χ0) is 20.6. The summed E-state index contributed by atoms with van der Waals surface area (Å²) in [5.41, 5.74) is 6.56. The zero-order valence-electron chi connectivity index (χ0n) is 17.1. The molecule has 1 fully saturated rings. The third kappa shape index (κ3) is 5.69. The second-order valence-corrected chi connectivity index (χ2v) is 8.40. The minimum atomic E-state index is -0.195. The van der Waals surface area contributed by atoms with Crippen LogP contribution < -0.4 is 21.3 Å². The van der Waals surface area contributed by atoms with Crippen LogP contribution in [0.3, 0.4) is 0 Å². The lowest BCUT2D eigenvalue weighted by molar-refractivity contribution is -0.122. The number of pyridine rings is 1. The van der Waals surface area contributed by atoms with Gasteiger partial charge in [-0.05, 0) is 37.5 Å². The largest absolute Gasteiger partial charge is 0.369 e. The second-order valence-electron chi connectivity index (χ2n) is 7.15. The highest BCUT2D eigenvalue weighted by Gasteiger charge is 2.24. The fourth-order valence-corrected chi connectivity index (χ4v) is 4.40. The topological polar surface area (TPSA) is 95.6 Å². The summed E-state index contributed by atoms with van der Waals surface area (Å²) in [6.07, 6.45) is 4.44. The van der Waals surface area contributed by atoms with E-state index in [1.807, 2.05) is 23.6 Å². The summed E-state index contributed by atoms with van der Waals surface area (Å²) in [4.78, 5) is 25.3. The number of hydrogen-bond donors (Lipinski definition) is 3. The Morgan fingerprint density at radius 3 is 2.62 bits per heavy atom. The number of nitrogens with two attached hydrogens (primary N) is 1. The van der Waals surface area contributed by atoms with E-state index < -0.39 is 0 Å². The number of primary amides is 1. The van der Waals surface area contributed by atoms with Gasteiger partial charge < -0.3 is 21.3 Å². The van der Waals surface area contributed by atoms with Crippen molar-refractivity contribution in [2.75, 3.05) is 25.0 Å². The quantitative estimate of drug-likeness (QED) is 0.477. The van der Waals surface area contributed by atoms with Crippen molar-refractivity contribution in [3.63, 3.8) is 0 Å². The van der Waals surface area contributed by atoms with Crippen LogP contribution in [-0.2, 0) is 24.3 Å². The molecule has 4 N–H and O–H groups in total. The molecule has 1 aliphatic heterocycles. The molecule has 0 aliphatic carbocycles. The van der Waals surface area contributed by atoms with Gasteiger partial charge in [-0.1, -0.05) is 13.0 Å². The maximum absolute atomic E-state index is 11.4. The Kier molecular flexibility index (Phi) is 7.46. The van der Waals surface area contributed by atoms with E-state index in [0.717, 1.165) is 56.2 Å². The lowest BCUT2D eigenvalue weighted by Crippen LogP contribution is -2.40. The van der Waals surface area contributed by atoms with Crippen molar-refractivity contribution < 1.29 is 4.79 Å². The number of amides is 1. The van der Waals surface area contributed by atoms with Gasteiger partial charge in [0.1, 0.15) is 5.82 Å². The first-order chi connectivity index (χ1) is 14.1. The molecule has 8 heteroatoms. The number of rotatable bonds is 7. The number of aryl methyl sites for hydroxylation is 1. The molecule has 0 spiro atoms. The maximum atomic E-state index is 11.4.